The SMILES string of the molecule is CC(C)Oc1ccccc1NC(=O)c1ccc(CNC(=O)c2ccccc2)cc1. The van der Waals surface area contributed by atoms with E-state index in [0.717, 1.165) is 5.56 Å². The fourth-order valence-corrected chi connectivity index (χ4v) is 2.77. The van der Waals surface area contributed by atoms with Gasteiger partial charge in [-0.05, 0) is 55.8 Å². The minimum Gasteiger partial charge on any atom is -0.489 e. The number of hydrogen-bond acceptors (Lipinski definition) is 3. The lowest BCUT2D eigenvalue weighted by Crippen LogP contribution is -2.22. The van der Waals surface area contributed by atoms with Gasteiger partial charge in [0.05, 0.1) is 11.8 Å². The normalized spacial score (nSPS) is 10.4. The molecule has 0 bridgehead atoms. The maximum Gasteiger partial charge on any atom is 0.255 e. The molecule has 29 heavy (non-hydrogen) atoms. The third-order valence-corrected chi connectivity index (χ3v) is 4.20. The minimum atomic E-state index is -0.218. The van der Waals surface area contributed by atoms with Crippen molar-refractivity contribution in [1.82, 2.24) is 5.32 Å². The van der Waals surface area contributed by atoms with E-state index in [4.69, 9.17) is 4.74 Å². The Morgan fingerprint density at radius 2 is 1.41 bits per heavy atom. The van der Waals surface area contributed by atoms with E-state index in [9.17, 15) is 9.59 Å². The molecule has 0 aliphatic carbocycles. The number of nitrogens with one attached hydrogen (secondary N) is 2. The molecule has 5 heteroatoms. The van der Waals surface area contributed by atoms with Gasteiger partial charge in [0, 0.05) is 17.7 Å². The van der Waals surface area contributed by atoms with Crippen LogP contribution in [0.1, 0.15) is 40.1 Å². The van der Waals surface area contributed by atoms with E-state index in [0.29, 0.717) is 29.1 Å². The van der Waals surface area contributed by atoms with Crippen molar-refractivity contribution in [3.63, 3.8) is 0 Å². The number of amides is 2. The monoisotopic (exact) mass is 388 g/mol. The summed E-state index contributed by atoms with van der Waals surface area (Å²) >= 11 is 0. The van der Waals surface area contributed by atoms with Gasteiger partial charge < -0.3 is 15.4 Å². The summed E-state index contributed by atoms with van der Waals surface area (Å²) in [6, 6.07) is 23.6. The van der Waals surface area contributed by atoms with E-state index in [1.807, 2.05) is 68.4 Å². The molecule has 0 aliphatic rings. The van der Waals surface area contributed by atoms with Gasteiger partial charge in [0.2, 0.25) is 0 Å². The lowest BCUT2D eigenvalue weighted by molar-refractivity contribution is 0.0949. The van der Waals surface area contributed by atoms with Gasteiger partial charge in [0.15, 0.2) is 0 Å². The van der Waals surface area contributed by atoms with Gasteiger partial charge >= 0.3 is 0 Å². The van der Waals surface area contributed by atoms with E-state index in [2.05, 4.69) is 10.6 Å². The number of anilines is 1. The van der Waals surface area contributed by atoms with Gasteiger partial charge in [-0.3, -0.25) is 9.59 Å². The molecule has 3 rings (SSSR count). The molecule has 3 aromatic carbocycles. The zero-order chi connectivity index (χ0) is 20.6. The molecule has 0 heterocycles. The van der Waals surface area contributed by atoms with Crippen LogP contribution in [0.2, 0.25) is 0 Å². The lowest BCUT2D eigenvalue weighted by Gasteiger charge is -2.15. The Morgan fingerprint density at radius 3 is 2.10 bits per heavy atom. The molecule has 0 atom stereocenters. The molecule has 2 amide bonds. The number of rotatable bonds is 7. The highest BCUT2D eigenvalue weighted by Crippen LogP contribution is 2.25. The topological polar surface area (TPSA) is 67.4 Å². The summed E-state index contributed by atoms with van der Waals surface area (Å²) < 4.78 is 5.74. The van der Waals surface area contributed by atoms with Crippen LogP contribution in [0.3, 0.4) is 0 Å². The average molecular weight is 388 g/mol. The van der Waals surface area contributed by atoms with Crippen LogP contribution in [0.5, 0.6) is 5.75 Å². The molecule has 2 N–H and O–H groups in total. The van der Waals surface area contributed by atoms with Crippen LogP contribution < -0.4 is 15.4 Å². The second kappa shape index (κ2) is 9.55. The Morgan fingerprint density at radius 1 is 0.793 bits per heavy atom. The first-order valence-electron chi connectivity index (χ1n) is 9.52. The number of ether oxygens (including phenoxy) is 1. The Hall–Kier alpha value is -3.60. The van der Waals surface area contributed by atoms with E-state index >= 15 is 0 Å². The third-order valence-electron chi connectivity index (χ3n) is 4.20. The summed E-state index contributed by atoms with van der Waals surface area (Å²) in [4.78, 5) is 24.7. The van der Waals surface area contributed by atoms with Crippen LogP contribution in [0, 0.1) is 0 Å². The number of para-hydroxylation sites is 2. The first kappa shape index (κ1) is 20.1. The predicted octanol–water partition coefficient (Wildman–Crippen LogP) is 4.66. The van der Waals surface area contributed by atoms with E-state index in [-0.39, 0.29) is 17.9 Å². The fraction of sp³-hybridized carbons (Fsp3) is 0.167. The largest absolute Gasteiger partial charge is 0.489 e. The molecular formula is C24H24N2O3. The molecule has 0 aromatic heterocycles. The third kappa shape index (κ3) is 5.69. The van der Waals surface area contributed by atoms with Gasteiger partial charge in [-0.15, -0.1) is 0 Å². The van der Waals surface area contributed by atoms with Crippen molar-refractivity contribution in [2.24, 2.45) is 0 Å². The fourth-order valence-electron chi connectivity index (χ4n) is 2.77. The van der Waals surface area contributed by atoms with Crippen molar-refractivity contribution >= 4 is 17.5 Å². The summed E-state index contributed by atoms with van der Waals surface area (Å²) in [5.74, 6) is 0.287. The van der Waals surface area contributed by atoms with E-state index < -0.39 is 0 Å². The summed E-state index contributed by atoms with van der Waals surface area (Å²) in [6.45, 7) is 4.27. The van der Waals surface area contributed by atoms with Crippen molar-refractivity contribution in [1.29, 1.82) is 0 Å². The summed E-state index contributed by atoms with van der Waals surface area (Å²) in [5.41, 5.74) is 2.69. The molecular weight excluding hydrogens is 364 g/mol. The van der Waals surface area contributed by atoms with Crippen molar-refractivity contribution in [3.05, 3.63) is 95.6 Å². The second-order valence-corrected chi connectivity index (χ2v) is 6.86. The molecule has 0 radical (unpaired) electrons. The van der Waals surface area contributed by atoms with Crippen molar-refractivity contribution in [2.45, 2.75) is 26.5 Å². The van der Waals surface area contributed by atoms with Crippen LogP contribution in [0.4, 0.5) is 5.69 Å². The number of benzene rings is 3. The van der Waals surface area contributed by atoms with Crippen molar-refractivity contribution in [2.75, 3.05) is 5.32 Å². The lowest BCUT2D eigenvalue weighted by atomic mass is 10.1. The highest BCUT2D eigenvalue weighted by Gasteiger charge is 2.11. The number of carbonyl (C=O) groups is 2. The van der Waals surface area contributed by atoms with Gasteiger partial charge in [0.1, 0.15) is 5.75 Å². The zero-order valence-electron chi connectivity index (χ0n) is 16.5. The molecule has 0 fully saturated rings. The van der Waals surface area contributed by atoms with E-state index in [1.54, 1.807) is 24.3 Å². The first-order valence-corrected chi connectivity index (χ1v) is 9.52. The highest BCUT2D eigenvalue weighted by atomic mass is 16.5. The predicted molar refractivity (Wildman–Crippen MR) is 114 cm³/mol. The van der Waals surface area contributed by atoms with Crippen LogP contribution >= 0.6 is 0 Å². The average Bonchev–Trinajstić information content (AvgIpc) is 2.74. The molecule has 0 saturated heterocycles. The summed E-state index contributed by atoms with van der Waals surface area (Å²) in [7, 11) is 0. The van der Waals surface area contributed by atoms with Crippen LogP contribution in [0.15, 0.2) is 78.9 Å². The number of carbonyl (C=O) groups excluding carboxylic acids is 2. The summed E-state index contributed by atoms with van der Waals surface area (Å²) in [6.07, 6.45) is 0.0124. The molecule has 0 unspecified atom stereocenters. The van der Waals surface area contributed by atoms with E-state index in [1.165, 1.54) is 0 Å². The molecule has 5 nitrogen and oxygen atoms in total. The van der Waals surface area contributed by atoms with Crippen molar-refractivity contribution in [3.8, 4) is 5.75 Å². The van der Waals surface area contributed by atoms with Gasteiger partial charge in [-0.25, -0.2) is 0 Å². The standard InChI is InChI=1S/C24H24N2O3/c1-17(2)29-22-11-7-6-10-21(22)26-24(28)20-14-12-18(13-15-20)16-25-23(27)19-8-4-3-5-9-19/h3-15,17H,16H2,1-2H3,(H,25,27)(H,26,28). The van der Waals surface area contributed by atoms with Crippen LogP contribution in [-0.4, -0.2) is 17.9 Å². The van der Waals surface area contributed by atoms with Gasteiger partial charge in [-0.2, -0.15) is 0 Å². The first-order chi connectivity index (χ1) is 14.0. The molecule has 0 saturated carbocycles. The molecule has 3 aromatic rings. The second-order valence-electron chi connectivity index (χ2n) is 6.86. The Kier molecular flexibility index (Phi) is 6.63. The maximum atomic E-state index is 12.6. The van der Waals surface area contributed by atoms with Crippen LogP contribution in [-0.2, 0) is 6.54 Å². The molecule has 0 aliphatic heterocycles. The smallest absolute Gasteiger partial charge is 0.255 e. The number of hydrogen-bond donors (Lipinski definition) is 2. The van der Waals surface area contributed by atoms with Gasteiger partial charge in [0.25, 0.3) is 11.8 Å². The van der Waals surface area contributed by atoms with Crippen molar-refractivity contribution < 1.29 is 14.3 Å². The Labute approximate surface area is 170 Å². The van der Waals surface area contributed by atoms with Crippen LogP contribution in [0.25, 0.3) is 0 Å². The maximum absolute atomic E-state index is 12.6. The molecule has 148 valence electrons. The molecule has 0 spiro atoms. The Bertz CT molecular complexity index is 967. The highest BCUT2D eigenvalue weighted by molar-refractivity contribution is 6.05. The zero-order valence-corrected chi connectivity index (χ0v) is 16.5. The Balaban J connectivity index is 1.60. The minimum absolute atomic E-state index is 0.0124. The summed E-state index contributed by atoms with van der Waals surface area (Å²) in [5, 5.41) is 5.76. The quantitative estimate of drug-likeness (QED) is 0.619. The van der Waals surface area contributed by atoms with Gasteiger partial charge in [-0.1, -0.05) is 42.5 Å².